The van der Waals surface area contributed by atoms with Crippen LogP contribution < -0.4 is 11.5 Å². The molecular formula is C11H14N2O3. The number of rotatable bonds is 4. The molecule has 0 aliphatic heterocycles. The van der Waals surface area contributed by atoms with Gasteiger partial charge in [-0.05, 0) is 12.0 Å². The largest absolute Gasteiger partial charge is 0.391 e. The number of hydrogen-bond acceptors (Lipinski definition) is 5. The quantitative estimate of drug-likeness (QED) is 0.533. The Morgan fingerprint density at radius 1 is 1.25 bits per heavy atom. The molecule has 4 N–H and O–H groups in total. The van der Waals surface area contributed by atoms with Crippen LogP contribution in [0.5, 0.6) is 0 Å². The summed E-state index contributed by atoms with van der Waals surface area (Å²) in [6.45, 7) is -0.330. The first kappa shape index (κ1) is 12.4. The van der Waals surface area contributed by atoms with Gasteiger partial charge in [-0.15, -0.1) is 0 Å². The molecule has 0 aliphatic rings. The molecule has 1 aromatic rings. The van der Waals surface area contributed by atoms with Gasteiger partial charge in [0.25, 0.3) is 0 Å². The fraction of sp³-hybridized carbons (Fsp3) is 0.273. The van der Waals surface area contributed by atoms with Crippen molar-refractivity contribution in [1.82, 2.24) is 0 Å². The molecule has 0 radical (unpaired) electrons. The van der Waals surface area contributed by atoms with Crippen molar-refractivity contribution in [3.8, 4) is 0 Å². The molecular weight excluding hydrogens is 208 g/mol. The molecule has 1 rings (SSSR count). The maximum Gasteiger partial charge on any atom is 0.330 e. The molecule has 0 aliphatic carbocycles. The number of carbonyl (C=O) groups excluding carboxylic acids is 2. The van der Waals surface area contributed by atoms with Crippen LogP contribution in [0, 0.1) is 0 Å². The van der Waals surface area contributed by atoms with Gasteiger partial charge in [0.1, 0.15) is 6.04 Å². The Morgan fingerprint density at radius 3 is 2.44 bits per heavy atom. The molecule has 5 heteroatoms. The van der Waals surface area contributed by atoms with Gasteiger partial charge in [-0.1, -0.05) is 30.3 Å². The molecule has 0 spiro atoms. The summed E-state index contributed by atoms with van der Waals surface area (Å²) in [4.78, 5) is 22.0. The summed E-state index contributed by atoms with van der Waals surface area (Å²) in [6.07, 6.45) is 0.331. The molecule has 0 bridgehead atoms. The van der Waals surface area contributed by atoms with Crippen molar-refractivity contribution in [3.05, 3.63) is 35.9 Å². The Bertz CT molecular complexity index is 365. The van der Waals surface area contributed by atoms with Crippen LogP contribution >= 0.6 is 0 Å². The van der Waals surface area contributed by atoms with E-state index in [0.717, 1.165) is 5.56 Å². The zero-order valence-corrected chi connectivity index (χ0v) is 8.76. The Kier molecular flexibility index (Phi) is 4.63. The normalized spacial score (nSPS) is 11.9. The van der Waals surface area contributed by atoms with E-state index in [9.17, 15) is 9.59 Å². The van der Waals surface area contributed by atoms with E-state index in [4.69, 9.17) is 11.5 Å². The third kappa shape index (κ3) is 3.80. The summed E-state index contributed by atoms with van der Waals surface area (Å²) in [5.74, 6) is -1.52. The Labute approximate surface area is 93.4 Å². The van der Waals surface area contributed by atoms with Crippen molar-refractivity contribution in [2.45, 2.75) is 12.5 Å². The Morgan fingerprint density at radius 2 is 1.88 bits per heavy atom. The second-order valence-corrected chi connectivity index (χ2v) is 3.29. The minimum absolute atomic E-state index is 0.330. The van der Waals surface area contributed by atoms with Gasteiger partial charge in [0.2, 0.25) is 0 Å². The van der Waals surface area contributed by atoms with Gasteiger partial charge >= 0.3 is 11.9 Å². The van der Waals surface area contributed by atoms with Crippen LogP contribution in [0.2, 0.25) is 0 Å². The molecule has 0 amide bonds. The lowest BCUT2D eigenvalue weighted by atomic mass is 10.1. The number of esters is 2. The molecule has 0 aromatic heterocycles. The van der Waals surface area contributed by atoms with E-state index >= 15 is 0 Å². The average Bonchev–Trinajstić information content (AvgIpc) is 2.30. The number of hydrogen-bond donors (Lipinski definition) is 2. The molecule has 86 valence electrons. The lowest BCUT2D eigenvalue weighted by molar-refractivity contribution is -0.159. The van der Waals surface area contributed by atoms with E-state index in [1.807, 2.05) is 30.3 Å². The summed E-state index contributed by atoms with van der Waals surface area (Å²) >= 11 is 0. The zero-order valence-electron chi connectivity index (χ0n) is 8.76. The molecule has 5 nitrogen and oxygen atoms in total. The maximum atomic E-state index is 11.3. The molecule has 0 heterocycles. The molecule has 1 atom stereocenters. The summed E-state index contributed by atoms with van der Waals surface area (Å²) < 4.78 is 4.41. The monoisotopic (exact) mass is 222 g/mol. The predicted molar refractivity (Wildman–Crippen MR) is 58.3 cm³/mol. The Balaban J connectivity index is 2.49. The first-order chi connectivity index (χ1) is 7.63. The van der Waals surface area contributed by atoms with Crippen molar-refractivity contribution in [2.75, 3.05) is 6.54 Å². The molecule has 0 saturated carbocycles. The third-order valence-corrected chi connectivity index (χ3v) is 1.98. The van der Waals surface area contributed by atoms with Gasteiger partial charge in [0, 0.05) is 0 Å². The summed E-state index contributed by atoms with van der Waals surface area (Å²) in [5, 5.41) is 0. The van der Waals surface area contributed by atoms with Crippen molar-refractivity contribution >= 4 is 11.9 Å². The third-order valence-electron chi connectivity index (χ3n) is 1.98. The number of carbonyl (C=O) groups is 2. The zero-order chi connectivity index (χ0) is 12.0. The SMILES string of the molecule is NCC(=O)OC(=O)[C@H](N)Cc1ccccc1. The van der Waals surface area contributed by atoms with Crippen molar-refractivity contribution in [2.24, 2.45) is 11.5 Å². The van der Waals surface area contributed by atoms with Gasteiger partial charge in [0.15, 0.2) is 0 Å². The Hall–Kier alpha value is -1.72. The van der Waals surface area contributed by atoms with Gasteiger partial charge < -0.3 is 16.2 Å². The highest BCUT2D eigenvalue weighted by atomic mass is 16.6. The van der Waals surface area contributed by atoms with E-state index in [1.54, 1.807) is 0 Å². The highest BCUT2D eigenvalue weighted by Crippen LogP contribution is 2.02. The molecule has 1 aromatic carbocycles. The summed E-state index contributed by atoms with van der Waals surface area (Å²) in [5.41, 5.74) is 11.5. The van der Waals surface area contributed by atoms with Crippen LogP contribution in [0.4, 0.5) is 0 Å². The summed E-state index contributed by atoms with van der Waals surface area (Å²) in [7, 11) is 0. The van der Waals surface area contributed by atoms with Crippen LogP contribution in [0.1, 0.15) is 5.56 Å². The fourth-order valence-corrected chi connectivity index (χ4v) is 1.18. The van der Waals surface area contributed by atoms with E-state index in [1.165, 1.54) is 0 Å². The fourth-order valence-electron chi connectivity index (χ4n) is 1.18. The molecule has 0 fully saturated rings. The second-order valence-electron chi connectivity index (χ2n) is 3.29. The van der Waals surface area contributed by atoms with Crippen LogP contribution in [-0.2, 0) is 20.7 Å². The van der Waals surface area contributed by atoms with Gasteiger partial charge in [-0.25, -0.2) is 4.79 Å². The van der Waals surface area contributed by atoms with Crippen LogP contribution in [0.25, 0.3) is 0 Å². The van der Waals surface area contributed by atoms with Crippen molar-refractivity contribution < 1.29 is 14.3 Å². The van der Waals surface area contributed by atoms with E-state index < -0.39 is 18.0 Å². The summed E-state index contributed by atoms with van der Waals surface area (Å²) in [6, 6.07) is 8.40. The smallest absolute Gasteiger partial charge is 0.330 e. The van der Waals surface area contributed by atoms with E-state index in [2.05, 4.69) is 4.74 Å². The van der Waals surface area contributed by atoms with Gasteiger partial charge in [-0.2, -0.15) is 0 Å². The first-order valence-corrected chi connectivity index (χ1v) is 4.87. The van der Waals surface area contributed by atoms with Crippen LogP contribution in [0.15, 0.2) is 30.3 Å². The predicted octanol–water partition coefficient (Wildman–Crippen LogP) is -0.415. The molecule has 0 saturated heterocycles. The molecule has 0 unspecified atom stereocenters. The number of ether oxygens (including phenoxy) is 1. The maximum absolute atomic E-state index is 11.3. The first-order valence-electron chi connectivity index (χ1n) is 4.87. The van der Waals surface area contributed by atoms with E-state index in [-0.39, 0.29) is 6.54 Å². The van der Waals surface area contributed by atoms with Gasteiger partial charge in [0.05, 0.1) is 6.54 Å². The van der Waals surface area contributed by atoms with Crippen molar-refractivity contribution in [1.29, 1.82) is 0 Å². The average molecular weight is 222 g/mol. The van der Waals surface area contributed by atoms with Gasteiger partial charge in [-0.3, -0.25) is 4.79 Å². The van der Waals surface area contributed by atoms with E-state index in [0.29, 0.717) is 6.42 Å². The second kappa shape index (κ2) is 5.99. The standard InChI is InChI=1S/C11H14N2O3/c12-7-10(14)16-11(15)9(13)6-8-4-2-1-3-5-8/h1-5,9H,6-7,12-13H2/t9-/m1/s1. The number of benzene rings is 1. The molecule has 16 heavy (non-hydrogen) atoms. The lowest BCUT2D eigenvalue weighted by Crippen LogP contribution is -2.36. The minimum Gasteiger partial charge on any atom is -0.391 e. The highest BCUT2D eigenvalue weighted by Gasteiger charge is 2.18. The number of nitrogens with two attached hydrogens (primary N) is 2. The lowest BCUT2D eigenvalue weighted by Gasteiger charge is -2.09. The topological polar surface area (TPSA) is 95.4 Å². The van der Waals surface area contributed by atoms with Crippen molar-refractivity contribution in [3.63, 3.8) is 0 Å². The van der Waals surface area contributed by atoms with Crippen LogP contribution in [0.3, 0.4) is 0 Å². The minimum atomic E-state index is -0.849. The van der Waals surface area contributed by atoms with Crippen LogP contribution in [-0.4, -0.2) is 24.5 Å². The highest BCUT2D eigenvalue weighted by molar-refractivity contribution is 5.89.